The summed E-state index contributed by atoms with van der Waals surface area (Å²) in [5.41, 5.74) is 0. The third kappa shape index (κ3) is 51.9. The second kappa shape index (κ2) is 53.7. The van der Waals surface area contributed by atoms with Crippen molar-refractivity contribution in [2.45, 2.75) is 284 Å². The van der Waals surface area contributed by atoms with E-state index in [2.05, 4.69) is 81.5 Å². The number of hydrogen-bond acceptors (Lipinski definition) is 6. The van der Waals surface area contributed by atoms with Crippen LogP contribution in [0.4, 0.5) is 0 Å². The first-order chi connectivity index (χ1) is 32.0. The largest absolute Gasteiger partial charge is 0.462 e. The summed E-state index contributed by atoms with van der Waals surface area (Å²) < 4.78 is 16.8. The first-order valence-electron chi connectivity index (χ1n) is 27.8. The molecular weight excluding hydrogens is 805 g/mol. The van der Waals surface area contributed by atoms with Gasteiger partial charge >= 0.3 is 17.9 Å². The molecule has 0 radical (unpaired) electrons. The normalized spacial score (nSPS) is 12.5. The number of rotatable bonds is 50. The SMILES string of the molecule is CC/C=C\C/C=C\C/C=C\C/C=C\C/C=C\CCCCCC(=O)OC(COC(=O)CCCCCCCCCC)COC(=O)CCCCCCCCCCCCCCCCCCCCCC. The molecule has 1 atom stereocenters. The summed E-state index contributed by atoms with van der Waals surface area (Å²) in [6, 6.07) is 0. The van der Waals surface area contributed by atoms with Gasteiger partial charge in [-0.15, -0.1) is 0 Å². The molecular formula is C59H104O6. The van der Waals surface area contributed by atoms with E-state index < -0.39 is 6.10 Å². The maximum Gasteiger partial charge on any atom is 0.306 e. The zero-order valence-corrected chi connectivity index (χ0v) is 43.0. The van der Waals surface area contributed by atoms with Crippen LogP contribution in [0, 0.1) is 0 Å². The molecule has 6 nitrogen and oxygen atoms in total. The van der Waals surface area contributed by atoms with Gasteiger partial charge in [0.1, 0.15) is 13.2 Å². The quantitative estimate of drug-likeness (QED) is 0.0262. The van der Waals surface area contributed by atoms with Crippen molar-refractivity contribution in [2.75, 3.05) is 13.2 Å². The van der Waals surface area contributed by atoms with Gasteiger partial charge in [-0.25, -0.2) is 0 Å². The molecule has 0 saturated heterocycles. The average Bonchev–Trinajstić information content (AvgIpc) is 3.30. The lowest BCUT2D eigenvalue weighted by molar-refractivity contribution is -0.167. The van der Waals surface area contributed by atoms with E-state index in [1.54, 1.807) is 0 Å². The minimum atomic E-state index is -0.787. The van der Waals surface area contributed by atoms with Gasteiger partial charge in [-0.2, -0.15) is 0 Å². The molecule has 0 amide bonds. The number of carbonyl (C=O) groups excluding carboxylic acids is 3. The lowest BCUT2D eigenvalue weighted by Crippen LogP contribution is -2.30. The molecule has 376 valence electrons. The predicted molar refractivity (Wildman–Crippen MR) is 279 cm³/mol. The van der Waals surface area contributed by atoms with E-state index in [-0.39, 0.29) is 31.1 Å². The molecule has 0 bridgehead atoms. The van der Waals surface area contributed by atoms with Crippen LogP contribution in [0.25, 0.3) is 0 Å². The van der Waals surface area contributed by atoms with Crippen LogP contribution in [0.15, 0.2) is 60.8 Å². The Morgan fingerprint density at radius 3 is 0.938 bits per heavy atom. The number of carbonyl (C=O) groups is 3. The van der Waals surface area contributed by atoms with E-state index in [1.165, 1.54) is 141 Å². The van der Waals surface area contributed by atoms with E-state index in [4.69, 9.17) is 14.2 Å². The second-order valence-corrected chi connectivity index (χ2v) is 18.5. The third-order valence-corrected chi connectivity index (χ3v) is 12.0. The summed E-state index contributed by atoms with van der Waals surface area (Å²) >= 11 is 0. The van der Waals surface area contributed by atoms with Crippen molar-refractivity contribution in [3.05, 3.63) is 60.8 Å². The summed E-state index contributed by atoms with van der Waals surface area (Å²) in [6.07, 6.45) is 66.5. The Morgan fingerprint density at radius 1 is 0.323 bits per heavy atom. The molecule has 0 rings (SSSR count). The molecule has 0 aromatic rings. The standard InChI is InChI=1S/C59H104O6/c1-4-7-10-13-16-19-21-23-25-27-29-31-32-34-36-38-40-43-46-49-52-58(61)64-55-56(54-63-57(60)51-48-45-42-18-15-12-9-6-3)65-59(62)53-50-47-44-41-39-37-35-33-30-28-26-24-22-20-17-14-11-8-5-2/h8,11,17,20,24,26,30,33,37,39,56H,4-7,9-10,12-16,18-19,21-23,25,27-29,31-32,34-36,38,40-55H2,1-3H3/b11-8-,20-17-,26-24-,33-30-,39-37-. The molecule has 0 saturated carbocycles. The van der Waals surface area contributed by atoms with Gasteiger partial charge in [0.25, 0.3) is 0 Å². The number of allylic oxidation sites excluding steroid dienone is 10. The van der Waals surface area contributed by atoms with E-state index >= 15 is 0 Å². The van der Waals surface area contributed by atoms with Crippen molar-refractivity contribution in [2.24, 2.45) is 0 Å². The van der Waals surface area contributed by atoms with Gasteiger partial charge in [0, 0.05) is 19.3 Å². The lowest BCUT2D eigenvalue weighted by Gasteiger charge is -2.18. The molecule has 65 heavy (non-hydrogen) atoms. The molecule has 0 heterocycles. The minimum absolute atomic E-state index is 0.0844. The summed E-state index contributed by atoms with van der Waals surface area (Å²) in [5, 5.41) is 0. The highest BCUT2D eigenvalue weighted by Gasteiger charge is 2.19. The van der Waals surface area contributed by atoms with Crippen molar-refractivity contribution in [1.82, 2.24) is 0 Å². The van der Waals surface area contributed by atoms with Gasteiger partial charge in [0.05, 0.1) is 0 Å². The fourth-order valence-electron chi connectivity index (χ4n) is 7.88. The lowest BCUT2D eigenvalue weighted by atomic mass is 10.0. The van der Waals surface area contributed by atoms with Crippen molar-refractivity contribution in [3.8, 4) is 0 Å². The average molecular weight is 909 g/mol. The van der Waals surface area contributed by atoms with Crippen molar-refractivity contribution in [1.29, 1.82) is 0 Å². The summed E-state index contributed by atoms with van der Waals surface area (Å²) in [7, 11) is 0. The summed E-state index contributed by atoms with van der Waals surface area (Å²) in [4.78, 5) is 37.9. The van der Waals surface area contributed by atoms with Crippen LogP contribution >= 0.6 is 0 Å². The fourth-order valence-corrected chi connectivity index (χ4v) is 7.88. The first-order valence-corrected chi connectivity index (χ1v) is 27.8. The van der Waals surface area contributed by atoms with Gasteiger partial charge in [-0.3, -0.25) is 14.4 Å². The highest BCUT2D eigenvalue weighted by molar-refractivity contribution is 5.71. The monoisotopic (exact) mass is 909 g/mol. The molecule has 0 aliphatic heterocycles. The Labute approximate surface area is 402 Å². The van der Waals surface area contributed by atoms with E-state index in [9.17, 15) is 14.4 Å². The topological polar surface area (TPSA) is 78.9 Å². The van der Waals surface area contributed by atoms with Crippen LogP contribution in [0.1, 0.15) is 278 Å². The Hall–Kier alpha value is -2.89. The van der Waals surface area contributed by atoms with Gasteiger partial charge in [0.2, 0.25) is 0 Å². The molecule has 0 fully saturated rings. The highest BCUT2D eigenvalue weighted by atomic mass is 16.6. The van der Waals surface area contributed by atoms with Crippen LogP contribution < -0.4 is 0 Å². The Kier molecular flexibility index (Phi) is 51.3. The van der Waals surface area contributed by atoms with Crippen molar-refractivity contribution < 1.29 is 28.6 Å². The number of esters is 3. The van der Waals surface area contributed by atoms with Gasteiger partial charge < -0.3 is 14.2 Å². The van der Waals surface area contributed by atoms with Crippen LogP contribution in [0.3, 0.4) is 0 Å². The number of unbranched alkanes of at least 4 members (excludes halogenated alkanes) is 29. The van der Waals surface area contributed by atoms with E-state index in [1.807, 2.05) is 0 Å². The van der Waals surface area contributed by atoms with Crippen molar-refractivity contribution in [3.63, 3.8) is 0 Å². The smallest absolute Gasteiger partial charge is 0.306 e. The Bertz CT molecular complexity index is 1180. The molecule has 0 aromatic carbocycles. The van der Waals surface area contributed by atoms with Gasteiger partial charge in [-0.1, -0.05) is 255 Å². The maximum atomic E-state index is 12.8. The number of hydrogen-bond donors (Lipinski definition) is 0. The van der Waals surface area contributed by atoms with Crippen molar-refractivity contribution >= 4 is 17.9 Å². The summed E-state index contributed by atoms with van der Waals surface area (Å²) in [6.45, 7) is 6.49. The van der Waals surface area contributed by atoms with E-state index in [0.717, 1.165) is 96.3 Å². The molecule has 0 N–H and O–H groups in total. The zero-order chi connectivity index (χ0) is 47.2. The molecule has 6 heteroatoms. The van der Waals surface area contributed by atoms with Gasteiger partial charge in [0.15, 0.2) is 6.10 Å². The molecule has 1 unspecified atom stereocenters. The van der Waals surface area contributed by atoms with Crippen LogP contribution in [-0.4, -0.2) is 37.2 Å². The number of ether oxygens (including phenoxy) is 3. The minimum Gasteiger partial charge on any atom is -0.462 e. The third-order valence-electron chi connectivity index (χ3n) is 12.0. The molecule has 0 aliphatic rings. The zero-order valence-electron chi connectivity index (χ0n) is 43.0. The van der Waals surface area contributed by atoms with E-state index in [0.29, 0.717) is 19.3 Å². The molecule has 0 spiro atoms. The first kappa shape index (κ1) is 62.1. The highest BCUT2D eigenvalue weighted by Crippen LogP contribution is 2.16. The van der Waals surface area contributed by atoms with Crippen LogP contribution in [0.2, 0.25) is 0 Å². The van der Waals surface area contributed by atoms with Gasteiger partial charge in [-0.05, 0) is 64.2 Å². The maximum absolute atomic E-state index is 12.8. The Morgan fingerprint density at radius 2 is 0.600 bits per heavy atom. The summed E-state index contributed by atoms with van der Waals surface area (Å²) in [5.74, 6) is -0.911. The fraction of sp³-hybridized carbons (Fsp3) is 0.780. The molecule has 0 aliphatic carbocycles. The second-order valence-electron chi connectivity index (χ2n) is 18.5. The van der Waals surface area contributed by atoms with Crippen LogP contribution in [-0.2, 0) is 28.6 Å². The predicted octanol–water partition coefficient (Wildman–Crippen LogP) is 18.4. The van der Waals surface area contributed by atoms with Crippen LogP contribution in [0.5, 0.6) is 0 Å². The molecule has 0 aromatic heterocycles. The Balaban J connectivity index is 4.29.